The summed E-state index contributed by atoms with van der Waals surface area (Å²) >= 11 is 1.58. The van der Waals surface area contributed by atoms with Crippen LogP contribution in [0.25, 0.3) is 37.4 Å². The zero-order valence-corrected chi connectivity index (χ0v) is 22.6. The number of piperidine rings is 1. The Balaban J connectivity index is 1.30. The van der Waals surface area contributed by atoms with Crippen molar-refractivity contribution in [2.45, 2.75) is 18.9 Å². The lowest BCUT2D eigenvalue weighted by atomic mass is 10.0. The summed E-state index contributed by atoms with van der Waals surface area (Å²) in [5, 5.41) is 22.1. The first kappa shape index (κ1) is 25.2. The molecule has 1 fully saturated rings. The van der Waals surface area contributed by atoms with Gasteiger partial charge in [0.2, 0.25) is 0 Å². The van der Waals surface area contributed by atoms with Crippen LogP contribution in [0, 0.1) is 5.82 Å². The van der Waals surface area contributed by atoms with Crippen molar-refractivity contribution >= 4 is 44.3 Å². The van der Waals surface area contributed by atoms with Crippen molar-refractivity contribution in [1.82, 2.24) is 30.3 Å². The van der Waals surface area contributed by atoms with Crippen molar-refractivity contribution in [2.24, 2.45) is 0 Å². The Bertz CT molecular complexity index is 1900. The molecule has 204 valence electrons. The molecule has 0 spiro atoms. The van der Waals surface area contributed by atoms with Crippen LogP contribution in [0.5, 0.6) is 5.75 Å². The second-order valence-corrected chi connectivity index (χ2v) is 11.0. The minimum Gasteiger partial charge on any atom is -0.508 e. The maximum Gasteiger partial charge on any atom is 0.262 e. The van der Waals surface area contributed by atoms with Gasteiger partial charge in [-0.15, -0.1) is 16.4 Å². The van der Waals surface area contributed by atoms with Crippen LogP contribution in [-0.4, -0.2) is 55.1 Å². The number of fused-ring (bicyclic) bond motifs is 2. The lowest BCUT2D eigenvalue weighted by Crippen LogP contribution is -2.49. The molecular weight excluding hydrogens is 541 g/mol. The van der Waals surface area contributed by atoms with E-state index in [4.69, 9.17) is 0 Å². The number of phenols is 1. The van der Waals surface area contributed by atoms with E-state index in [1.807, 2.05) is 24.3 Å². The number of nitrogens with one attached hydrogen (secondary N) is 1. The molecule has 0 aliphatic carbocycles. The second-order valence-electron chi connectivity index (χ2n) is 9.89. The third-order valence-corrected chi connectivity index (χ3v) is 8.44. The Morgan fingerprint density at radius 2 is 1.95 bits per heavy atom. The molecule has 5 heterocycles. The molecular formula is C30H24FN7O2S. The van der Waals surface area contributed by atoms with Crippen LogP contribution >= 0.6 is 11.3 Å². The van der Waals surface area contributed by atoms with Crippen molar-refractivity contribution in [3.63, 3.8) is 0 Å². The van der Waals surface area contributed by atoms with Gasteiger partial charge in [-0.2, -0.15) is 4.68 Å². The van der Waals surface area contributed by atoms with Gasteiger partial charge in [-0.3, -0.25) is 9.69 Å². The number of benzene rings is 2. The number of thiophene rings is 1. The Kier molecular flexibility index (Phi) is 6.37. The van der Waals surface area contributed by atoms with E-state index < -0.39 is 11.7 Å². The van der Waals surface area contributed by atoms with Crippen LogP contribution in [-0.2, 0) is 0 Å². The van der Waals surface area contributed by atoms with Gasteiger partial charge in [0.1, 0.15) is 22.9 Å². The molecule has 1 aliphatic rings. The number of hydrogen-bond donors (Lipinski definition) is 2. The predicted molar refractivity (Wildman–Crippen MR) is 156 cm³/mol. The molecule has 11 heteroatoms. The molecule has 2 aromatic carbocycles. The van der Waals surface area contributed by atoms with Crippen molar-refractivity contribution in [3.05, 3.63) is 90.5 Å². The summed E-state index contributed by atoms with van der Waals surface area (Å²) in [5.41, 5.74) is 2.40. The number of aromatic hydroxyl groups is 1. The van der Waals surface area contributed by atoms with Gasteiger partial charge in [0.25, 0.3) is 5.91 Å². The minimum absolute atomic E-state index is 0.0514. The normalized spacial score (nSPS) is 15.4. The van der Waals surface area contributed by atoms with Crippen molar-refractivity contribution < 1.29 is 14.3 Å². The lowest BCUT2D eigenvalue weighted by molar-refractivity contribution is 0.0968. The van der Waals surface area contributed by atoms with E-state index in [2.05, 4.69) is 25.6 Å². The molecule has 6 aromatic rings. The number of pyridine rings is 2. The van der Waals surface area contributed by atoms with E-state index in [1.165, 1.54) is 16.8 Å². The summed E-state index contributed by atoms with van der Waals surface area (Å²) in [6.45, 7) is 1.44. The van der Waals surface area contributed by atoms with Gasteiger partial charge in [0.05, 0.1) is 17.3 Å². The largest absolute Gasteiger partial charge is 0.508 e. The lowest BCUT2D eigenvalue weighted by Gasteiger charge is -2.34. The highest BCUT2D eigenvalue weighted by molar-refractivity contribution is 7.22. The van der Waals surface area contributed by atoms with Crippen LogP contribution in [0.2, 0.25) is 0 Å². The number of aromatic nitrogens is 5. The molecule has 0 bridgehead atoms. The van der Waals surface area contributed by atoms with Gasteiger partial charge in [0.15, 0.2) is 5.65 Å². The highest BCUT2D eigenvalue weighted by Gasteiger charge is 2.32. The molecule has 1 atom stereocenters. The monoisotopic (exact) mass is 565 g/mol. The molecule has 1 aliphatic heterocycles. The van der Waals surface area contributed by atoms with Gasteiger partial charge in [-0.1, -0.05) is 5.21 Å². The zero-order valence-electron chi connectivity index (χ0n) is 21.7. The topological polar surface area (TPSA) is 109 Å². The zero-order chi connectivity index (χ0) is 27.9. The van der Waals surface area contributed by atoms with Crippen molar-refractivity contribution in [2.75, 3.05) is 18.0 Å². The number of rotatable bonds is 5. The highest BCUT2D eigenvalue weighted by atomic mass is 32.1. The SMILES string of the molecule is O=C(c1ccc(-n2nnc3cccnc32)cc1F)N(c1nccc2sc(-c3ccc(O)cc3)cc12)[C@@H]1CCCNC1. The summed E-state index contributed by atoms with van der Waals surface area (Å²) < 4.78 is 18.1. The fraction of sp³-hybridized carbons (Fsp3) is 0.167. The number of phenolic OH excluding ortho intramolecular Hbond substituents is 1. The van der Waals surface area contributed by atoms with Crippen molar-refractivity contribution in [3.8, 4) is 21.9 Å². The first-order valence-electron chi connectivity index (χ1n) is 13.3. The van der Waals surface area contributed by atoms with E-state index in [0.717, 1.165) is 39.9 Å². The van der Waals surface area contributed by atoms with Crippen LogP contribution in [0.3, 0.4) is 0 Å². The standard InChI is InChI=1S/C30H24FN7O2S/c31-24-15-19(38-29-25(35-36-38)4-2-13-33-29)7-10-22(24)30(40)37(20-3-1-12-32-17-20)28-23-16-27(41-26(23)11-14-34-28)18-5-8-21(39)9-6-18/h2,4-11,13-16,20,32,39H,1,3,12,17H2/t20-/m1/s1. The Labute approximate surface area is 237 Å². The molecule has 0 radical (unpaired) electrons. The second kappa shape index (κ2) is 10.3. The summed E-state index contributed by atoms with van der Waals surface area (Å²) in [7, 11) is 0. The molecule has 0 saturated carbocycles. The van der Waals surface area contributed by atoms with Gasteiger partial charge in [-0.25, -0.2) is 14.4 Å². The third kappa shape index (κ3) is 4.58. The summed E-state index contributed by atoms with van der Waals surface area (Å²) in [6, 6.07) is 18.7. The smallest absolute Gasteiger partial charge is 0.262 e. The third-order valence-electron chi connectivity index (χ3n) is 7.30. The number of halogens is 1. The van der Waals surface area contributed by atoms with Crippen LogP contribution in [0.4, 0.5) is 10.2 Å². The fourth-order valence-electron chi connectivity index (χ4n) is 5.28. The number of carbonyl (C=O) groups excluding carboxylic acids is 1. The van der Waals surface area contributed by atoms with E-state index in [1.54, 1.807) is 59.0 Å². The average Bonchev–Trinajstić information content (AvgIpc) is 3.63. The average molecular weight is 566 g/mol. The minimum atomic E-state index is -0.664. The first-order valence-corrected chi connectivity index (χ1v) is 14.1. The molecule has 1 amide bonds. The highest BCUT2D eigenvalue weighted by Crippen LogP contribution is 2.39. The Morgan fingerprint density at radius 3 is 2.76 bits per heavy atom. The van der Waals surface area contributed by atoms with Crippen LogP contribution < -0.4 is 10.2 Å². The van der Waals surface area contributed by atoms with E-state index in [-0.39, 0.29) is 17.4 Å². The Hall–Kier alpha value is -4.74. The van der Waals surface area contributed by atoms with Crippen LogP contribution in [0.15, 0.2) is 79.1 Å². The van der Waals surface area contributed by atoms with E-state index in [9.17, 15) is 9.90 Å². The molecule has 1 saturated heterocycles. The number of anilines is 1. The van der Waals surface area contributed by atoms with Gasteiger partial charge in [0, 0.05) is 40.0 Å². The van der Waals surface area contributed by atoms with Crippen LogP contribution in [0.1, 0.15) is 23.2 Å². The summed E-state index contributed by atoms with van der Waals surface area (Å²) in [4.78, 5) is 25.8. The maximum absolute atomic E-state index is 15.7. The summed E-state index contributed by atoms with van der Waals surface area (Å²) in [6.07, 6.45) is 4.97. The van der Waals surface area contributed by atoms with Gasteiger partial charge < -0.3 is 10.4 Å². The van der Waals surface area contributed by atoms with Crippen molar-refractivity contribution in [1.29, 1.82) is 0 Å². The maximum atomic E-state index is 15.7. The molecule has 7 rings (SSSR count). The van der Waals surface area contributed by atoms with E-state index in [0.29, 0.717) is 29.2 Å². The molecule has 4 aromatic heterocycles. The molecule has 41 heavy (non-hydrogen) atoms. The molecule has 0 unspecified atom stereocenters. The van der Waals surface area contributed by atoms with E-state index >= 15 is 4.39 Å². The number of nitrogens with zero attached hydrogens (tertiary/aromatic N) is 6. The fourth-order valence-corrected chi connectivity index (χ4v) is 6.33. The van der Waals surface area contributed by atoms with Gasteiger partial charge >= 0.3 is 0 Å². The molecule has 9 nitrogen and oxygen atoms in total. The summed E-state index contributed by atoms with van der Waals surface area (Å²) in [5.74, 6) is -0.428. The number of carbonyl (C=O) groups is 1. The molecule has 2 N–H and O–H groups in total. The quantitative estimate of drug-likeness (QED) is 0.291. The Morgan fingerprint density at radius 1 is 1.07 bits per heavy atom. The first-order chi connectivity index (χ1) is 20.1. The number of hydrogen-bond acceptors (Lipinski definition) is 8. The predicted octanol–water partition coefficient (Wildman–Crippen LogP) is 5.34. The van der Waals surface area contributed by atoms with Gasteiger partial charge in [-0.05, 0) is 85.6 Å². The number of amides is 1.